The molecule has 0 unspecified atom stereocenters. The Morgan fingerprint density at radius 3 is 2.73 bits per heavy atom. The number of carbonyl (C=O) groups is 1. The number of aromatic carboxylic acids is 1. The van der Waals surface area contributed by atoms with Crippen LogP contribution in [0.4, 0.5) is 0 Å². The lowest BCUT2D eigenvalue weighted by Gasteiger charge is -1.95. The maximum Gasteiger partial charge on any atom is 0.374 e. The van der Waals surface area contributed by atoms with Crippen LogP contribution in [-0.4, -0.2) is 26.5 Å². The summed E-state index contributed by atoms with van der Waals surface area (Å²) in [6.45, 7) is 0. The van der Waals surface area contributed by atoms with Crippen LogP contribution in [0.25, 0.3) is 5.82 Å². The van der Waals surface area contributed by atoms with Gasteiger partial charge in [-0.2, -0.15) is 0 Å². The lowest BCUT2D eigenvalue weighted by Crippen LogP contribution is -2.33. The van der Waals surface area contributed by atoms with Gasteiger partial charge < -0.3 is 5.11 Å². The Morgan fingerprint density at radius 1 is 1.33 bits per heavy atom. The van der Waals surface area contributed by atoms with Crippen molar-refractivity contribution in [2.24, 2.45) is 0 Å². The van der Waals surface area contributed by atoms with Crippen LogP contribution in [0.1, 0.15) is 10.4 Å². The van der Waals surface area contributed by atoms with E-state index in [1.165, 1.54) is 4.57 Å². The van der Waals surface area contributed by atoms with E-state index in [9.17, 15) is 4.79 Å². The predicted molar refractivity (Wildman–Crippen MR) is 47.2 cm³/mol. The first-order valence-electron chi connectivity index (χ1n) is 4.10. The van der Waals surface area contributed by atoms with E-state index < -0.39 is 5.97 Å². The Hall–Kier alpha value is -2.37. The summed E-state index contributed by atoms with van der Waals surface area (Å²) >= 11 is 0. The number of aromatic nitrogens is 4. The number of rotatable bonds is 2. The van der Waals surface area contributed by atoms with E-state index in [2.05, 4.69) is 21.6 Å². The standard InChI is InChI=1S/C9H5N4O2/c14-9(15)7-6-10-12-11-8(7)13-4-2-1-3-5-13/h1-5H/p+1. The van der Waals surface area contributed by atoms with Crippen molar-refractivity contribution in [1.82, 2.24) is 15.4 Å². The minimum absolute atomic E-state index is 0.110. The fourth-order valence-electron chi connectivity index (χ4n) is 1.10. The van der Waals surface area contributed by atoms with E-state index in [4.69, 9.17) is 5.11 Å². The lowest BCUT2D eigenvalue weighted by molar-refractivity contribution is -0.600. The Morgan fingerprint density at radius 2 is 2.07 bits per heavy atom. The van der Waals surface area contributed by atoms with Gasteiger partial charge in [0.25, 0.3) is 0 Å². The van der Waals surface area contributed by atoms with Crippen molar-refractivity contribution in [1.29, 1.82) is 0 Å². The Bertz CT molecular complexity index is 486. The minimum Gasteiger partial charge on any atom is -0.477 e. The van der Waals surface area contributed by atoms with E-state index in [0.717, 1.165) is 0 Å². The summed E-state index contributed by atoms with van der Waals surface area (Å²) in [6, 6.07) is 5.33. The molecule has 0 bridgehead atoms. The van der Waals surface area contributed by atoms with E-state index in [1.54, 1.807) is 24.5 Å². The molecule has 1 radical (unpaired) electrons. The molecule has 2 aromatic rings. The lowest BCUT2D eigenvalue weighted by atomic mass is 10.3. The Balaban J connectivity index is 2.58. The van der Waals surface area contributed by atoms with Crippen LogP contribution in [0.15, 0.2) is 30.6 Å². The first-order valence-corrected chi connectivity index (χ1v) is 4.10. The second-order valence-corrected chi connectivity index (χ2v) is 2.69. The largest absolute Gasteiger partial charge is 0.477 e. The SMILES string of the molecule is O=C(O)c1[c]nnnc1-[n+]1ccccc1. The second kappa shape index (κ2) is 3.79. The van der Waals surface area contributed by atoms with Gasteiger partial charge in [0.1, 0.15) is 11.3 Å². The van der Waals surface area contributed by atoms with Crippen molar-refractivity contribution >= 4 is 5.97 Å². The zero-order valence-electron chi connectivity index (χ0n) is 7.53. The number of carboxylic acid groups (broad SMARTS) is 1. The summed E-state index contributed by atoms with van der Waals surface area (Å²) in [5, 5.41) is 19.2. The van der Waals surface area contributed by atoms with Crippen LogP contribution in [0.5, 0.6) is 0 Å². The average molecular weight is 202 g/mol. The molecular formula is C9H6N4O2+. The molecule has 73 valence electrons. The molecule has 0 aromatic carbocycles. The molecule has 0 fully saturated rings. The van der Waals surface area contributed by atoms with Crippen molar-refractivity contribution in [2.75, 3.05) is 0 Å². The normalized spacial score (nSPS) is 9.87. The van der Waals surface area contributed by atoms with E-state index in [1.807, 2.05) is 6.07 Å². The summed E-state index contributed by atoms with van der Waals surface area (Å²) in [5.41, 5.74) is -0.110. The van der Waals surface area contributed by atoms with Crippen LogP contribution in [-0.2, 0) is 0 Å². The first kappa shape index (κ1) is 9.20. The summed E-state index contributed by atoms with van der Waals surface area (Å²) < 4.78 is 1.54. The van der Waals surface area contributed by atoms with Crippen LogP contribution in [0, 0.1) is 6.20 Å². The van der Waals surface area contributed by atoms with Crippen LogP contribution >= 0.6 is 0 Å². The maximum absolute atomic E-state index is 10.8. The van der Waals surface area contributed by atoms with Gasteiger partial charge in [-0.15, -0.1) is 5.10 Å². The van der Waals surface area contributed by atoms with Gasteiger partial charge in [-0.05, 0) is 12.1 Å². The van der Waals surface area contributed by atoms with Crippen molar-refractivity contribution in [3.63, 3.8) is 0 Å². The smallest absolute Gasteiger partial charge is 0.374 e. The highest BCUT2D eigenvalue weighted by Crippen LogP contribution is 2.00. The molecule has 0 saturated heterocycles. The molecule has 2 aromatic heterocycles. The van der Waals surface area contributed by atoms with Crippen molar-refractivity contribution in [3.05, 3.63) is 42.4 Å². The van der Waals surface area contributed by atoms with Gasteiger partial charge in [0.15, 0.2) is 5.56 Å². The van der Waals surface area contributed by atoms with E-state index in [-0.39, 0.29) is 11.4 Å². The third-order valence-corrected chi connectivity index (χ3v) is 1.74. The number of pyridine rings is 1. The quantitative estimate of drug-likeness (QED) is 0.673. The highest BCUT2D eigenvalue weighted by molar-refractivity contribution is 5.89. The molecule has 0 spiro atoms. The van der Waals surface area contributed by atoms with Crippen LogP contribution in [0.2, 0.25) is 0 Å². The van der Waals surface area contributed by atoms with Crippen molar-refractivity contribution < 1.29 is 14.5 Å². The molecule has 6 heteroatoms. The monoisotopic (exact) mass is 202 g/mol. The summed E-state index contributed by atoms with van der Waals surface area (Å²) in [7, 11) is 0. The fraction of sp³-hybridized carbons (Fsp3) is 0. The summed E-state index contributed by atoms with van der Waals surface area (Å²) in [5.74, 6) is -0.943. The van der Waals surface area contributed by atoms with Gasteiger partial charge in [0, 0.05) is 0 Å². The van der Waals surface area contributed by atoms with Crippen LogP contribution < -0.4 is 4.57 Å². The number of carboxylic acids is 1. The summed E-state index contributed by atoms with van der Waals surface area (Å²) in [4.78, 5) is 10.8. The molecule has 0 saturated carbocycles. The molecule has 15 heavy (non-hydrogen) atoms. The third-order valence-electron chi connectivity index (χ3n) is 1.74. The summed E-state index contributed by atoms with van der Waals surface area (Å²) in [6.07, 6.45) is 5.63. The number of nitrogens with zero attached hydrogens (tertiary/aromatic N) is 4. The highest BCUT2D eigenvalue weighted by Gasteiger charge is 2.21. The third kappa shape index (κ3) is 1.78. The maximum atomic E-state index is 10.8. The predicted octanol–water partition coefficient (Wildman–Crippen LogP) is -0.353. The molecule has 0 aliphatic rings. The molecule has 0 aliphatic carbocycles. The van der Waals surface area contributed by atoms with Gasteiger partial charge in [0.2, 0.25) is 0 Å². The molecule has 6 nitrogen and oxygen atoms in total. The molecule has 0 amide bonds. The minimum atomic E-state index is -1.14. The molecule has 0 atom stereocenters. The zero-order valence-corrected chi connectivity index (χ0v) is 7.53. The average Bonchev–Trinajstić information content (AvgIpc) is 2.30. The zero-order chi connectivity index (χ0) is 10.7. The second-order valence-electron chi connectivity index (χ2n) is 2.69. The van der Waals surface area contributed by atoms with Crippen LogP contribution in [0.3, 0.4) is 0 Å². The first-order chi connectivity index (χ1) is 7.29. The van der Waals surface area contributed by atoms with E-state index in [0.29, 0.717) is 0 Å². The molecular weight excluding hydrogens is 196 g/mol. The van der Waals surface area contributed by atoms with Gasteiger partial charge >= 0.3 is 11.8 Å². The molecule has 2 heterocycles. The van der Waals surface area contributed by atoms with Gasteiger partial charge in [-0.3, -0.25) is 0 Å². The molecule has 2 rings (SSSR count). The van der Waals surface area contributed by atoms with Gasteiger partial charge in [-0.1, -0.05) is 6.07 Å². The fourth-order valence-corrected chi connectivity index (χ4v) is 1.10. The molecule has 0 aliphatic heterocycles. The van der Waals surface area contributed by atoms with Crippen molar-refractivity contribution in [2.45, 2.75) is 0 Å². The Kier molecular flexibility index (Phi) is 2.32. The molecule has 1 N–H and O–H groups in total. The van der Waals surface area contributed by atoms with E-state index >= 15 is 0 Å². The number of hydrogen-bond donors (Lipinski definition) is 1. The Labute approximate surface area is 84.8 Å². The van der Waals surface area contributed by atoms with Gasteiger partial charge in [-0.25, -0.2) is 9.36 Å². The topological polar surface area (TPSA) is 79.8 Å². The number of hydrogen-bond acceptors (Lipinski definition) is 4. The van der Waals surface area contributed by atoms with Crippen molar-refractivity contribution in [3.8, 4) is 5.82 Å². The highest BCUT2D eigenvalue weighted by atomic mass is 16.4. The van der Waals surface area contributed by atoms with Gasteiger partial charge in [0.05, 0.1) is 17.6 Å².